The van der Waals surface area contributed by atoms with Crippen LogP contribution in [0.3, 0.4) is 0 Å². The lowest BCUT2D eigenvalue weighted by atomic mass is 9.76. The van der Waals surface area contributed by atoms with Crippen molar-refractivity contribution in [1.82, 2.24) is 9.80 Å². The molecule has 1 atom stereocenters. The molecule has 2 fully saturated rings. The van der Waals surface area contributed by atoms with E-state index in [2.05, 4.69) is 4.90 Å². The van der Waals surface area contributed by atoms with Crippen LogP contribution >= 0.6 is 0 Å². The Hall–Kier alpha value is -3.45. The van der Waals surface area contributed by atoms with Crippen LogP contribution in [-0.4, -0.2) is 47.4 Å². The van der Waals surface area contributed by atoms with Gasteiger partial charge in [0.15, 0.2) is 5.43 Å². The Morgan fingerprint density at radius 1 is 1.09 bits per heavy atom. The lowest BCUT2D eigenvalue weighted by Crippen LogP contribution is -2.57. The highest BCUT2D eigenvalue weighted by Crippen LogP contribution is 2.45. The minimum Gasteiger partial charge on any atom is -0.469 e. The normalized spacial score (nSPS) is 20.0. The average molecular weight is 475 g/mol. The van der Waals surface area contributed by atoms with Crippen molar-refractivity contribution in [1.29, 1.82) is 0 Å². The third-order valence-corrected chi connectivity index (χ3v) is 7.65. The SMILES string of the molecule is COC(=O)C1CC(=O)N(Cc2ccccc2)C12CCN(Cc1coc3ccc(C)cc3c1=O)CC2. The number of methoxy groups -OCH3 is 1. The van der Waals surface area contributed by atoms with Gasteiger partial charge in [0.2, 0.25) is 5.91 Å². The van der Waals surface area contributed by atoms with Crippen LogP contribution in [0.2, 0.25) is 0 Å². The van der Waals surface area contributed by atoms with Gasteiger partial charge in [-0.15, -0.1) is 0 Å². The molecular formula is C28H30N2O5. The molecule has 2 aliphatic heterocycles. The first kappa shape index (κ1) is 23.3. The molecule has 7 nitrogen and oxygen atoms in total. The van der Waals surface area contributed by atoms with E-state index in [4.69, 9.17) is 9.15 Å². The number of rotatable bonds is 5. The Morgan fingerprint density at radius 2 is 1.83 bits per heavy atom. The second-order valence-electron chi connectivity index (χ2n) is 9.71. The number of amides is 1. The smallest absolute Gasteiger partial charge is 0.311 e. The van der Waals surface area contributed by atoms with E-state index < -0.39 is 11.5 Å². The number of likely N-dealkylation sites (tertiary alicyclic amines) is 2. The molecule has 2 saturated heterocycles. The molecule has 1 aromatic heterocycles. The summed E-state index contributed by atoms with van der Waals surface area (Å²) >= 11 is 0. The minimum atomic E-state index is -0.582. The number of nitrogens with zero attached hydrogens (tertiary/aromatic N) is 2. The molecule has 0 bridgehead atoms. The predicted molar refractivity (Wildman–Crippen MR) is 132 cm³/mol. The van der Waals surface area contributed by atoms with Gasteiger partial charge in [-0.05, 0) is 37.5 Å². The quantitative estimate of drug-likeness (QED) is 0.525. The van der Waals surface area contributed by atoms with Crippen LogP contribution in [0.4, 0.5) is 0 Å². The number of benzene rings is 2. The molecule has 2 aromatic carbocycles. The Labute approximate surface area is 204 Å². The van der Waals surface area contributed by atoms with Crippen molar-refractivity contribution in [3.05, 3.63) is 81.7 Å². The van der Waals surface area contributed by atoms with E-state index in [-0.39, 0.29) is 23.7 Å². The van der Waals surface area contributed by atoms with E-state index in [1.54, 1.807) is 6.26 Å². The van der Waals surface area contributed by atoms with Gasteiger partial charge in [-0.25, -0.2) is 0 Å². The highest BCUT2D eigenvalue weighted by atomic mass is 16.5. The van der Waals surface area contributed by atoms with Crippen molar-refractivity contribution >= 4 is 22.8 Å². The fourth-order valence-corrected chi connectivity index (χ4v) is 5.72. The lowest BCUT2D eigenvalue weighted by Gasteiger charge is -2.47. The largest absolute Gasteiger partial charge is 0.469 e. The highest BCUT2D eigenvalue weighted by Gasteiger charge is 2.56. The van der Waals surface area contributed by atoms with Gasteiger partial charge in [0.1, 0.15) is 5.58 Å². The predicted octanol–water partition coefficient (Wildman–Crippen LogP) is 3.66. The van der Waals surface area contributed by atoms with E-state index in [9.17, 15) is 14.4 Å². The number of carbonyl (C=O) groups excluding carboxylic acids is 2. The van der Waals surface area contributed by atoms with E-state index in [1.165, 1.54) is 7.11 Å². The molecule has 5 rings (SSSR count). The lowest BCUT2D eigenvalue weighted by molar-refractivity contribution is -0.150. The summed E-state index contributed by atoms with van der Waals surface area (Å²) < 4.78 is 10.8. The monoisotopic (exact) mass is 474 g/mol. The number of piperidine rings is 1. The van der Waals surface area contributed by atoms with Gasteiger partial charge >= 0.3 is 5.97 Å². The van der Waals surface area contributed by atoms with Crippen LogP contribution in [0, 0.1) is 12.8 Å². The van der Waals surface area contributed by atoms with Gasteiger partial charge < -0.3 is 14.1 Å². The molecule has 3 aromatic rings. The number of carbonyl (C=O) groups is 2. The third-order valence-electron chi connectivity index (χ3n) is 7.65. The minimum absolute atomic E-state index is 0.00979. The second kappa shape index (κ2) is 9.30. The van der Waals surface area contributed by atoms with Crippen molar-refractivity contribution < 1.29 is 18.7 Å². The molecule has 0 radical (unpaired) electrons. The van der Waals surface area contributed by atoms with Crippen LogP contribution in [-0.2, 0) is 27.4 Å². The van der Waals surface area contributed by atoms with E-state index in [0.29, 0.717) is 55.6 Å². The molecule has 35 heavy (non-hydrogen) atoms. The standard InChI is InChI=1S/C28H30N2O5/c1-19-8-9-24-22(14-19)26(32)21(18-35-24)17-29-12-10-28(11-13-29)23(27(33)34-2)15-25(31)30(28)16-20-6-4-3-5-7-20/h3-9,14,18,23H,10-13,15-17H2,1-2H3. The van der Waals surface area contributed by atoms with Gasteiger partial charge in [0.25, 0.3) is 0 Å². The zero-order chi connectivity index (χ0) is 24.6. The first-order chi connectivity index (χ1) is 16.9. The Morgan fingerprint density at radius 3 is 2.54 bits per heavy atom. The van der Waals surface area contributed by atoms with Crippen LogP contribution in [0.5, 0.6) is 0 Å². The molecule has 1 unspecified atom stereocenters. The van der Waals surface area contributed by atoms with E-state index in [1.807, 2.05) is 60.4 Å². The molecule has 1 spiro atoms. The maximum absolute atomic E-state index is 13.1. The molecule has 1 amide bonds. The van der Waals surface area contributed by atoms with E-state index in [0.717, 1.165) is 11.1 Å². The summed E-state index contributed by atoms with van der Waals surface area (Å²) in [6.45, 7) is 4.23. The summed E-state index contributed by atoms with van der Waals surface area (Å²) in [5.41, 5.74) is 2.67. The molecule has 0 N–H and O–H groups in total. The fraction of sp³-hybridized carbons (Fsp3) is 0.393. The van der Waals surface area contributed by atoms with Gasteiger partial charge in [0.05, 0.1) is 30.2 Å². The highest BCUT2D eigenvalue weighted by molar-refractivity contribution is 5.89. The van der Waals surface area contributed by atoms with Crippen LogP contribution in [0.15, 0.2) is 64.0 Å². The van der Waals surface area contributed by atoms with E-state index >= 15 is 0 Å². The average Bonchev–Trinajstić information content (AvgIpc) is 3.13. The number of aryl methyl sites for hydroxylation is 1. The first-order valence-corrected chi connectivity index (χ1v) is 12.1. The maximum atomic E-state index is 13.1. The Bertz CT molecular complexity index is 1310. The van der Waals surface area contributed by atoms with Crippen molar-refractivity contribution in [2.75, 3.05) is 20.2 Å². The summed E-state index contributed by atoms with van der Waals surface area (Å²) in [5, 5.41) is 0.595. The fourth-order valence-electron chi connectivity index (χ4n) is 5.72. The number of ether oxygens (including phenoxy) is 1. The molecule has 3 heterocycles. The molecule has 7 heteroatoms. The zero-order valence-electron chi connectivity index (χ0n) is 20.2. The van der Waals surface area contributed by atoms with Crippen molar-refractivity contribution in [3.8, 4) is 0 Å². The molecule has 2 aliphatic rings. The summed E-state index contributed by atoms with van der Waals surface area (Å²) in [5.74, 6) is -0.823. The third kappa shape index (κ3) is 4.25. The summed E-state index contributed by atoms with van der Waals surface area (Å²) in [6, 6.07) is 15.5. The topological polar surface area (TPSA) is 80.1 Å². The molecule has 0 aliphatic carbocycles. The van der Waals surface area contributed by atoms with Crippen molar-refractivity contribution in [2.45, 2.75) is 44.8 Å². The number of hydrogen-bond acceptors (Lipinski definition) is 6. The maximum Gasteiger partial charge on any atom is 0.311 e. The second-order valence-corrected chi connectivity index (χ2v) is 9.71. The number of esters is 1. The van der Waals surface area contributed by atoms with Crippen LogP contribution in [0.1, 0.15) is 36.0 Å². The Balaban J connectivity index is 1.38. The zero-order valence-corrected chi connectivity index (χ0v) is 20.2. The van der Waals surface area contributed by atoms with Gasteiger partial charge in [-0.1, -0.05) is 42.0 Å². The van der Waals surface area contributed by atoms with Crippen LogP contribution in [0.25, 0.3) is 11.0 Å². The van der Waals surface area contributed by atoms with Crippen molar-refractivity contribution in [3.63, 3.8) is 0 Å². The summed E-state index contributed by atoms with van der Waals surface area (Å²) in [6.07, 6.45) is 3.02. The number of hydrogen-bond donors (Lipinski definition) is 0. The summed E-state index contributed by atoms with van der Waals surface area (Å²) in [7, 11) is 1.39. The molecule has 182 valence electrons. The van der Waals surface area contributed by atoms with Gasteiger partial charge in [0, 0.05) is 38.2 Å². The van der Waals surface area contributed by atoms with Gasteiger partial charge in [-0.3, -0.25) is 19.3 Å². The van der Waals surface area contributed by atoms with Gasteiger partial charge in [-0.2, -0.15) is 0 Å². The molecule has 0 saturated carbocycles. The Kier molecular flexibility index (Phi) is 6.19. The van der Waals surface area contributed by atoms with Crippen LogP contribution < -0.4 is 5.43 Å². The number of fused-ring (bicyclic) bond motifs is 1. The first-order valence-electron chi connectivity index (χ1n) is 12.1. The summed E-state index contributed by atoms with van der Waals surface area (Å²) in [4.78, 5) is 43.0. The molecular weight excluding hydrogens is 444 g/mol. The van der Waals surface area contributed by atoms with Crippen molar-refractivity contribution in [2.24, 2.45) is 5.92 Å².